The Morgan fingerprint density at radius 1 is 1.00 bits per heavy atom. The number of hydrogen-bond acceptors (Lipinski definition) is 4. The van der Waals surface area contributed by atoms with Crippen LogP contribution in [0.2, 0.25) is 0 Å². The van der Waals surface area contributed by atoms with E-state index in [0.717, 1.165) is 31.2 Å². The molecule has 1 spiro atoms. The van der Waals surface area contributed by atoms with Crippen LogP contribution in [0.1, 0.15) is 77.8 Å². The van der Waals surface area contributed by atoms with Gasteiger partial charge in [0.15, 0.2) is 5.82 Å². The summed E-state index contributed by atoms with van der Waals surface area (Å²) in [6.07, 6.45) is 12.0. The lowest BCUT2D eigenvalue weighted by Crippen LogP contribution is -2.37. The zero-order valence-electron chi connectivity index (χ0n) is 18.4. The smallest absolute Gasteiger partial charge is 0.151 e. The predicted molar refractivity (Wildman–Crippen MR) is 117 cm³/mol. The van der Waals surface area contributed by atoms with E-state index in [9.17, 15) is 0 Å². The first-order valence-corrected chi connectivity index (χ1v) is 11.7. The highest BCUT2D eigenvalue weighted by Crippen LogP contribution is 2.61. The molecule has 1 aromatic heterocycles. The van der Waals surface area contributed by atoms with Crippen LogP contribution in [0.15, 0.2) is 12.1 Å². The average Bonchev–Trinajstić information content (AvgIpc) is 3.38. The summed E-state index contributed by atoms with van der Waals surface area (Å²) in [5, 5.41) is 9.07. The van der Waals surface area contributed by atoms with Gasteiger partial charge < -0.3 is 9.80 Å². The van der Waals surface area contributed by atoms with Gasteiger partial charge in [-0.25, -0.2) is 0 Å². The maximum Gasteiger partial charge on any atom is 0.151 e. The van der Waals surface area contributed by atoms with Crippen LogP contribution in [0, 0.1) is 16.7 Å². The van der Waals surface area contributed by atoms with Crippen LogP contribution in [-0.2, 0) is 6.42 Å². The van der Waals surface area contributed by atoms with Gasteiger partial charge in [0.25, 0.3) is 0 Å². The van der Waals surface area contributed by atoms with E-state index in [1.807, 2.05) is 0 Å². The van der Waals surface area contributed by atoms with Crippen LogP contribution < -0.4 is 4.90 Å². The van der Waals surface area contributed by atoms with Crippen molar-refractivity contribution in [3.63, 3.8) is 0 Å². The van der Waals surface area contributed by atoms with Crippen molar-refractivity contribution in [3.8, 4) is 0 Å². The zero-order chi connectivity index (χ0) is 19.6. The third-order valence-corrected chi connectivity index (χ3v) is 7.52. The summed E-state index contributed by atoms with van der Waals surface area (Å²) in [5.74, 6) is 2.01. The van der Waals surface area contributed by atoms with Gasteiger partial charge in [-0.1, -0.05) is 20.8 Å². The number of aryl methyl sites for hydroxylation is 1. The van der Waals surface area contributed by atoms with E-state index >= 15 is 0 Å². The molecule has 1 aliphatic carbocycles. The highest BCUT2D eigenvalue weighted by atomic mass is 15.3. The molecule has 1 saturated carbocycles. The van der Waals surface area contributed by atoms with Crippen molar-refractivity contribution >= 4 is 5.82 Å². The summed E-state index contributed by atoms with van der Waals surface area (Å²) < 4.78 is 0. The standard InChI is InChI=1S/C24H40N4/c1-23(2,3)11-16-27-17-12-24(13-18-27)19-20(24)7-8-21-9-10-22(26-25-21)28-14-5-4-6-15-28/h9-10,20H,4-8,11-19H2,1-3H3. The Morgan fingerprint density at radius 3 is 2.39 bits per heavy atom. The molecule has 3 aliphatic rings. The van der Waals surface area contributed by atoms with E-state index in [-0.39, 0.29) is 0 Å². The van der Waals surface area contributed by atoms with Crippen LogP contribution in [-0.4, -0.2) is 47.8 Å². The molecule has 4 nitrogen and oxygen atoms in total. The summed E-state index contributed by atoms with van der Waals surface area (Å²) in [7, 11) is 0. The van der Waals surface area contributed by atoms with Crippen molar-refractivity contribution in [2.24, 2.45) is 16.7 Å². The number of hydrogen-bond donors (Lipinski definition) is 0. The minimum Gasteiger partial charge on any atom is -0.355 e. The molecule has 0 bridgehead atoms. The summed E-state index contributed by atoms with van der Waals surface area (Å²) >= 11 is 0. The first kappa shape index (κ1) is 20.1. The van der Waals surface area contributed by atoms with Crippen LogP contribution in [0.25, 0.3) is 0 Å². The first-order valence-electron chi connectivity index (χ1n) is 11.7. The molecule has 28 heavy (non-hydrogen) atoms. The van der Waals surface area contributed by atoms with Crippen molar-refractivity contribution in [2.45, 2.75) is 78.6 Å². The molecule has 3 fully saturated rings. The minimum atomic E-state index is 0.460. The minimum absolute atomic E-state index is 0.460. The summed E-state index contributed by atoms with van der Waals surface area (Å²) in [6, 6.07) is 4.42. The molecule has 3 heterocycles. The molecule has 2 saturated heterocycles. The van der Waals surface area contributed by atoms with Crippen LogP contribution in [0.3, 0.4) is 0 Å². The SMILES string of the molecule is CC(C)(C)CCN1CCC2(CC1)CC2CCc1ccc(N2CCCCC2)nn1. The monoisotopic (exact) mass is 384 g/mol. The molecule has 4 heteroatoms. The molecular formula is C24H40N4. The Morgan fingerprint density at radius 2 is 1.75 bits per heavy atom. The second-order valence-electron chi connectivity index (χ2n) is 10.9. The molecule has 1 atom stereocenters. The van der Waals surface area contributed by atoms with Crippen molar-refractivity contribution in [2.75, 3.05) is 37.6 Å². The number of anilines is 1. The second-order valence-corrected chi connectivity index (χ2v) is 10.9. The quantitative estimate of drug-likeness (QED) is 0.695. The van der Waals surface area contributed by atoms with E-state index in [1.165, 1.54) is 76.7 Å². The van der Waals surface area contributed by atoms with Crippen molar-refractivity contribution in [3.05, 3.63) is 17.8 Å². The van der Waals surface area contributed by atoms with Gasteiger partial charge >= 0.3 is 0 Å². The molecule has 0 aromatic carbocycles. The number of rotatable bonds is 6. The third kappa shape index (κ3) is 5.06. The Balaban J connectivity index is 1.19. The lowest BCUT2D eigenvalue weighted by Gasteiger charge is -2.34. The molecule has 1 unspecified atom stereocenters. The Labute approximate surface area is 172 Å². The largest absolute Gasteiger partial charge is 0.355 e. The summed E-state index contributed by atoms with van der Waals surface area (Å²) in [5.41, 5.74) is 2.33. The fourth-order valence-corrected chi connectivity index (χ4v) is 5.27. The Kier molecular flexibility index (Phi) is 5.96. The van der Waals surface area contributed by atoms with Crippen LogP contribution in [0.4, 0.5) is 5.82 Å². The summed E-state index contributed by atoms with van der Waals surface area (Å²) in [4.78, 5) is 5.10. The first-order chi connectivity index (χ1) is 13.4. The molecule has 0 amide bonds. The van der Waals surface area contributed by atoms with E-state index < -0.39 is 0 Å². The van der Waals surface area contributed by atoms with Gasteiger partial charge in [-0.2, -0.15) is 5.10 Å². The van der Waals surface area contributed by atoms with E-state index in [0.29, 0.717) is 10.8 Å². The Bertz CT molecular complexity index is 619. The van der Waals surface area contributed by atoms with Crippen LogP contribution in [0.5, 0.6) is 0 Å². The van der Waals surface area contributed by atoms with E-state index in [4.69, 9.17) is 0 Å². The fourth-order valence-electron chi connectivity index (χ4n) is 5.27. The lowest BCUT2D eigenvalue weighted by molar-refractivity contribution is 0.145. The molecule has 0 N–H and O–H groups in total. The van der Waals surface area contributed by atoms with E-state index in [2.05, 4.69) is 52.9 Å². The third-order valence-electron chi connectivity index (χ3n) is 7.52. The molecule has 4 rings (SSSR count). The van der Waals surface area contributed by atoms with Gasteiger partial charge in [0.05, 0.1) is 5.69 Å². The molecule has 2 aliphatic heterocycles. The number of aromatic nitrogens is 2. The van der Waals surface area contributed by atoms with Gasteiger partial charge in [0.2, 0.25) is 0 Å². The number of likely N-dealkylation sites (tertiary alicyclic amines) is 1. The van der Waals surface area contributed by atoms with Crippen molar-refractivity contribution in [1.82, 2.24) is 15.1 Å². The van der Waals surface area contributed by atoms with Gasteiger partial charge in [-0.05, 0) is 106 Å². The molecule has 1 aromatic rings. The molecule has 156 valence electrons. The predicted octanol–water partition coefficient (Wildman–Crippen LogP) is 4.94. The van der Waals surface area contributed by atoms with Crippen molar-refractivity contribution < 1.29 is 0 Å². The molecular weight excluding hydrogens is 344 g/mol. The lowest BCUT2D eigenvalue weighted by atomic mass is 9.88. The van der Waals surface area contributed by atoms with Crippen LogP contribution >= 0.6 is 0 Å². The second kappa shape index (κ2) is 8.30. The Hall–Kier alpha value is -1.16. The highest BCUT2D eigenvalue weighted by Gasteiger charge is 2.53. The maximum absolute atomic E-state index is 4.55. The number of piperidine rings is 2. The topological polar surface area (TPSA) is 32.3 Å². The molecule has 0 radical (unpaired) electrons. The highest BCUT2D eigenvalue weighted by molar-refractivity contribution is 5.37. The maximum atomic E-state index is 4.55. The van der Waals surface area contributed by atoms with Crippen molar-refractivity contribution in [1.29, 1.82) is 0 Å². The van der Waals surface area contributed by atoms with Gasteiger partial charge in [-0.3, -0.25) is 0 Å². The average molecular weight is 385 g/mol. The number of nitrogens with zero attached hydrogens (tertiary/aromatic N) is 4. The zero-order valence-corrected chi connectivity index (χ0v) is 18.4. The normalized spacial score (nSPS) is 25.2. The summed E-state index contributed by atoms with van der Waals surface area (Å²) in [6.45, 7) is 13.3. The van der Waals surface area contributed by atoms with Gasteiger partial charge in [-0.15, -0.1) is 5.10 Å². The fraction of sp³-hybridized carbons (Fsp3) is 0.833. The van der Waals surface area contributed by atoms with Gasteiger partial charge in [0.1, 0.15) is 0 Å². The van der Waals surface area contributed by atoms with Gasteiger partial charge in [0, 0.05) is 13.1 Å². The van der Waals surface area contributed by atoms with E-state index in [1.54, 1.807) is 0 Å².